The maximum Gasteiger partial charge on any atom is 0.249 e. The van der Waals surface area contributed by atoms with Crippen molar-refractivity contribution >= 4 is 17.5 Å². The van der Waals surface area contributed by atoms with Crippen molar-refractivity contribution in [1.29, 1.82) is 0 Å². The van der Waals surface area contributed by atoms with E-state index in [2.05, 4.69) is 29.3 Å². The van der Waals surface area contributed by atoms with Gasteiger partial charge in [0, 0.05) is 17.0 Å². The molecule has 136 valence electrons. The van der Waals surface area contributed by atoms with Crippen LogP contribution in [0.1, 0.15) is 59.4 Å². The van der Waals surface area contributed by atoms with E-state index in [-0.39, 0.29) is 23.3 Å². The van der Waals surface area contributed by atoms with Gasteiger partial charge in [0.2, 0.25) is 17.6 Å². The second kappa shape index (κ2) is 8.00. The second-order valence-electron chi connectivity index (χ2n) is 7.63. The highest BCUT2D eigenvalue weighted by Gasteiger charge is 2.28. The third-order valence-corrected chi connectivity index (χ3v) is 4.28. The highest BCUT2D eigenvalue weighted by atomic mass is 35.5. The van der Waals surface area contributed by atoms with Gasteiger partial charge in [-0.2, -0.15) is 4.98 Å². The normalized spacial score (nSPS) is 14.2. The first-order chi connectivity index (χ1) is 11.7. The molecule has 25 heavy (non-hydrogen) atoms. The summed E-state index contributed by atoms with van der Waals surface area (Å²) in [7, 11) is 0. The number of amides is 1. The molecule has 0 unspecified atom stereocenters. The third-order valence-electron chi connectivity index (χ3n) is 4.03. The molecule has 0 radical (unpaired) electrons. The number of aromatic nitrogens is 2. The van der Waals surface area contributed by atoms with E-state index in [0.29, 0.717) is 23.2 Å². The molecule has 0 aliphatic carbocycles. The molecule has 2 atom stereocenters. The Labute approximate surface area is 154 Å². The molecule has 0 aliphatic heterocycles. The molecule has 0 fully saturated rings. The van der Waals surface area contributed by atoms with Gasteiger partial charge < -0.3 is 9.84 Å². The molecule has 1 aromatic heterocycles. The Balaban J connectivity index is 2.21. The van der Waals surface area contributed by atoms with Crippen LogP contribution >= 0.6 is 11.6 Å². The summed E-state index contributed by atoms with van der Waals surface area (Å²) >= 11 is 5.91. The fourth-order valence-electron chi connectivity index (χ4n) is 2.47. The lowest BCUT2D eigenvalue weighted by Crippen LogP contribution is -2.34. The summed E-state index contributed by atoms with van der Waals surface area (Å²) in [6, 6.07) is 6.95. The zero-order chi connectivity index (χ0) is 18.6. The van der Waals surface area contributed by atoms with E-state index in [4.69, 9.17) is 16.1 Å². The minimum absolute atomic E-state index is 0.0101. The van der Waals surface area contributed by atoms with Crippen LogP contribution < -0.4 is 5.32 Å². The summed E-state index contributed by atoms with van der Waals surface area (Å²) in [4.78, 5) is 16.9. The molecule has 1 N–H and O–H groups in total. The molecular weight excluding hydrogens is 338 g/mol. The minimum atomic E-state index is -0.298. The fraction of sp³-hybridized carbons (Fsp3) is 0.526. The SMILES string of the molecule is CC[C@H](C)[C@@H](NC(=O)CC(C)(C)C)c1nc(-c2ccc(Cl)cc2)no1. The van der Waals surface area contributed by atoms with E-state index in [1.54, 1.807) is 12.1 Å². The van der Waals surface area contributed by atoms with Crippen molar-refractivity contribution in [2.75, 3.05) is 0 Å². The van der Waals surface area contributed by atoms with Crippen LogP contribution in [-0.4, -0.2) is 16.0 Å². The molecular formula is C19H26ClN3O2. The molecule has 2 rings (SSSR count). The van der Waals surface area contributed by atoms with E-state index >= 15 is 0 Å². The Morgan fingerprint density at radius 2 is 1.92 bits per heavy atom. The highest BCUT2D eigenvalue weighted by molar-refractivity contribution is 6.30. The lowest BCUT2D eigenvalue weighted by molar-refractivity contribution is -0.124. The first-order valence-electron chi connectivity index (χ1n) is 8.58. The van der Waals surface area contributed by atoms with Gasteiger partial charge in [0.15, 0.2) is 0 Å². The minimum Gasteiger partial charge on any atom is -0.344 e. The van der Waals surface area contributed by atoms with Crippen LogP contribution in [0.3, 0.4) is 0 Å². The topological polar surface area (TPSA) is 68.0 Å². The quantitative estimate of drug-likeness (QED) is 0.781. The molecule has 0 spiro atoms. The van der Waals surface area contributed by atoms with Gasteiger partial charge in [-0.1, -0.05) is 57.8 Å². The molecule has 5 nitrogen and oxygen atoms in total. The summed E-state index contributed by atoms with van der Waals surface area (Å²) in [6.45, 7) is 10.3. The van der Waals surface area contributed by atoms with Crippen LogP contribution in [-0.2, 0) is 4.79 Å². The number of hydrogen-bond acceptors (Lipinski definition) is 4. The van der Waals surface area contributed by atoms with Crippen molar-refractivity contribution in [3.05, 3.63) is 35.2 Å². The van der Waals surface area contributed by atoms with Gasteiger partial charge in [0.1, 0.15) is 6.04 Å². The van der Waals surface area contributed by atoms with Crippen molar-refractivity contribution in [2.24, 2.45) is 11.3 Å². The Kier molecular flexibility index (Phi) is 6.22. The smallest absolute Gasteiger partial charge is 0.249 e. The predicted molar refractivity (Wildman–Crippen MR) is 99.2 cm³/mol. The van der Waals surface area contributed by atoms with Crippen molar-refractivity contribution < 1.29 is 9.32 Å². The lowest BCUT2D eigenvalue weighted by Gasteiger charge is -2.23. The van der Waals surface area contributed by atoms with E-state index in [1.165, 1.54) is 0 Å². The van der Waals surface area contributed by atoms with Gasteiger partial charge in [0.25, 0.3) is 0 Å². The average Bonchev–Trinajstić information content (AvgIpc) is 3.00. The number of nitrogens with one attached hydrogen (secondary N) is 1. The van der Waals surface area contributed by atoms with Crippen LogP contribution in [0.4, 0.5) is 0 Å². The Hall–Kier alpha value is -1.88. The van der Waals surface area contributed by atoms with Gasteiger partial charge in [0.05, 0.1) is 0 Å². The average molecular weight is 364 g/mol. The zero-order valence-corrected chi connectivity index (χ0v) is 16.2. The Morgan fingerprint density at radius 3 is 2.48 bits per heavy atom. The third kappa shape index (κ3) is 5.56. The van der Waals surface area contributed by atoms with Crippen LogP contribution in [0, 0.1) is 11.3 Å². The van der Waals surface area contributed by atoms with Gasteiger partial charge in [-0.25, -0.2) is 0 Å². The van der Waals surface area contributed by atoms with Crippen molar-refractivity contribution in [2.45, 2.75) is 53.5 Å². The van der Waals surface area contributed by atoms with E-state index in [0.717, 1.165) is 12.0 Å². The molecule has 1 amide bonds. The number of hydrogen-bond donors (Lipinski definition) is 1. The zero-order valence-electron chi connectivity index (χ0n) is 15.5. The predicted octanol–water partition coefficient (Wildman–Crippen LogP) is 5.03. The summed E-state index contributed by atoms with van der Waals surface area (Å²) < 4.78 is 5.46. The number of halogens is 1. The van der Waals surface area contributed by atoms with Crippen LogP contribution in [0.2, 0.25) is 5.02 Å². The molecule has 0 bridgehead atoms. The van der Waals surface area contributed by atoms with Crippen LogP contribution in [0.15, 0.2) is 28.8 Å². The van der Waals surface area contributed by atoms with Crippen molar-refractivity contribution in [1.82, 2.24) is 15.5 Å². The van der Waals surface area contributed by atoms with Gasteiger partial charge in [-0.3, -0.25) is 4.79 Å². The molecule has 0 aliphatic rings. The van der Waals surface area contributed by atoms with Gasteiger partial charge in [-0.05, 0) is 35.6 Å². The highest BCUT2D eigenvalue weighted by Crippen LogP contribution is 2.27. The van der Waals surface area contributed by atoms with Crippen LogP contribution in [0.5, 0.6) is 0 Å². The molecule has 1 heterocycles. The van der Waals surface area contributed by atoms with Crippen molar-refractivity contribution in [3.63, 3.8) is 0 Å². The monoisotopic (exact) mass is 363 g/mol. The number of nitrogens with zero attached hydrogens (tertiary/aromatic N) is 2. The van der Waals surface area contributed by atoms with E-state index in [9.17, 15) is 4.79 Å². The van der Waals surface area contributed by atoms with Crippen molar-refractivity contribution in [3.8, 4) is 11.4 Å². The van der Waals surface area contributed by atoms with Gasteiger partial charge >= 0.3 is 0 Å². The molecule has 2 aromatic rings. The summed E-state index contributed by atoms with van der Waals surface area (Å²) in [6.07, 6.45) is 1.33. The molecule has 0 saturated carbocycles. The maximum absolute atomic E-state index is 12.4. The molecule has 0 saturated heterocycles. The number of carbonyl (C=O) groups is 1. The van der Waals surface area contributed by atoms with Gasteiger partial charge in [-0.15, -0.1) is 0 Å². The summed E-state index contributed by atoms with van der Waals surface area (Å²) in [5.41, 5.74) is 0.747. The van der Waals surface area contributed by atoms with E-state index < -0.39 is 0 Å². The summed E-state index contributed by atoms with van der Waals surface area (Å²) in [5, 5.41) is 7.77. The molecule has 1 aromatic carbocycles. The second-order valence-corrected chi connectivity index (χ2v) is 8.07. The van der Waals surface area contributed by atoms with E-state index in [1.807, 2.05) is 32.9 Å². The lowest BCUT2D eigenvalue weighted by atomic mass is 9.91. The Bertz CT molecular complexity index is 704. The first-order valence-corrected chi connectivity index (χ1v) is 8.96. The summed E-state index contributed by atoms with van der Waals surface area (Å²) in [5.74, 6) is 1.10. The first kappa shape index (κ1) is 19.4. The Morgan fingerprint density at radius 1 is 1.28 bits per heavy atom. The van der Waals surface area contributed by atoms with Crippen LogP contribution in [0.25, 0.3) is 11.4 Å². The largest absolute Gasteiger partial charge is 0.344 e. The number of carbonyl (C=O) groups excluding carboxylic acids is 1. The number of rotatable bonds is 6. The fourth-order valence-corrected chi connectivity index (χ4v) is 2.59. The maximum atomic E-state index is 12.4. The molecule has 6 heteroatoms. The number of benzene rings is 1. The standard InChI is InChI=1S/C19H26ClN3O2/c1-6-12(2)16(21-15(24)11-19(3,4)5)18-22-17(23-25-18)13-7-9-14(20)10-8-13/h7-10,12,16H,6,11H2,1-5H3,(H,21,24)/t12-,16+/m0/s1.